The second-order valence-corrected chi connectivity index (χ2v) is 4.88. The molecule has 0 spiro atoms. The zero-order valence-corrected chi connectivity index (χ0v) is 11.0. The summed E-state index contributed by atoms with van der Waals surface area (Å²) >= 11 is 0. The fourth-order valence-corrected chi connectivity index (χ4v) is 1.87. The summed E-state index contributed by atoms with van der Waals surface area (Å²) < 4.78 is 15.8. The molecule has 1 aromatic heterocycles. The Kier molecular flexibility index (Phi) is 3.11. The van der Waals surface area contributed by atoms with E-state index < -0.39 is 5.82 Å². The zero-order valence-electron chi connectivity index (χ0n) is 11.0. The van der Waals surface area contributed by atoms with E-state index in [9.17, 15) is 9.18 Å². The summed E-state index contributed by atoms with van der Waals surface area (Å²) in [6, 6.07) is 5.11. The van der Waals surface area contributed by atoms with Crippen LogP contribution in [0.5, 0.6) is 0 Å². The molecule has 0 aliphatic heterocycles. The number of rotatable bonds is 2. The van der Waals surface area contributed by atoms with Crippen molar-refractivity contribution in [1.82, 2.24) is 4.57 Å². The van der Waals surface area contributed by atoms with Gasteiger partial charge in [0.25, 0.3) is 0 Å². The van der Waals surface area contributed by atoms with Crippen molar-refractivity contribution < 1.29 is 9.18 Å². The molecule has 0 saturated heterocycles. The molecule has 1 heterocycles. The number of carbonyl (C=O) groups is 1. The molecule has 0 fully saturated rings. The van der Waals surface area contributed by atoms with E-state index in [2.05, 4.69) is 5.32 Å². The van der Waals surface area contributed by atoms with Crippen molar-refractivity contribution >= 4 is 22.5 Å². The molecular formula is C14H17FN2O. The fraction of sp³-hybridized carbons (Fsp3) is 0.357. The van der Waals surface area contributed by atoms with Gasteiger partial charge in [-0.25, -0.2) is 4.39 Å². The highest BCUT2D eigenvalue weighted by Gasteiger charge is 2.13. The fourth-order valence-electron chi connectivity index (χ4n) is 1.87. The standard InChI is InChI=1S/C14H17FN2O/c1-8(2)14(18)16-12-6-10-5-9(3)17(4)13(10)7-11(12)15/h5-8H,1-4H3,(H,16,18). The summed E-state index contributed by atoms with van der Waals surface area (Å²) in [7, 11) is 1.89. The lowest BCUT2D eigenvalue weighted by Crippen LogP contribution is -2.18. The van der Waals surface area contributed by atoms with Crippen LogP contribution >= 0.6 is 0 Å². The number of amides is 1. The molecule has 1 N–H and O–H groups in total. The molecule has 1 aromatic carbocycles. The highest BCUT2D eigenvalue weighted by molar-refractivity contribution is 5.95. The monoisotopic (exact) mass is 248 g/mol. The number of anilines is 1. The maximum atomic E-state index is 13.9. The van der Waals surface area contributed by atoms with E-state index in [0.29, 0.717) is 0 Å². The van der Waals surface area contributed by atoms with Crippen LogP contribution in [0.2, 0.25) is 0 Å². The average molecular weight is 248 g/mol. The number of halogens is 1. The molecule has 2 aromatic rings. The predicted molar refractivity (Wildman–Crippen MR) is 71.1 cm³/mol. The number of aromatic nitrogens is 1. The Balaban J connectivity index is 2.47. The van der Waals surface area contributed by atoms with Crippen LogP contribution in [0.3, 0.4) is 0 Å². The van der Waals surface area contributed by atoms with Gasteiger partial charge in [-0.2, -0.15) is 0 Å². The van der Waals surface area contributed by atoms with Crippen molar-refractivity contribution in [3.05, 3.63) is 29.7 Å². The van der Waals surface area contributed by atoms with Crippen LogP contribution in [-0.2, 0) is 11.8 Å². The van der Waals surface area contributed by atoms with Gasteiger partial charge in [0.2, 0.25) is 5.91 Å². The van der Waals surface area contributed by atoms with E-state index in [1.54, 1.807) is 19.9 Å². The van der Waals surface area contributed by atoms with Crippen molar-refractivity contribution in [2.45, 2.75) is 20.8 Å². The van der Waals surface area contributed by atoms with Crippen LogP contribution < -0.4 is 5.32 Å². The predicted octanol–water partition coefficient (Wildman–Crippen LogP) is 3.22. The molecule has 18 heavy (non-hydrogen) atoms. The molecule has 2 rings (SSSR count). The molecule has 1 amide bonds. The number of nitrogens with one attached hydrogen (secondary N) is 1. The van der Waals surface area contributed by atoms with Gasteiger partial charge in [0, 0.05) is 30.1 Å². The maximum Gasteiger partial charge on any atom is 0.227 e. The molecule has 0 aliphatic rings. The smallest absolute Gasteiger partial charge is 0.227 e. The van der Waals surface area contributed by atoms with Gasteiger partial charge in [-0.15, -0.1) is 0 Å². The zero-order chi connectivity index (χ0) is 13.4. The van der Waals surface area contributed by atoms with Crippen LogP contribution in [0.25, 0.3) is 10.9 Å². The van der Waals surface area contributed by atoms with Crippen molar-refractivity contribution in [1.29, 1.82) is 0 Å². The lowest BCUT2D eigenvalue weighted by molar-refractivity contribution is -0.118. The first-order valence-electron chi connectivity index (χ1n) is 5.96. The Bertz CT molecular complexity index is 614. The van der Waals surface area contributed by atoms with Gasteiger partial charge < -0.3 is 9.88 Å². The number of carbonyl (C=O) groups excluding carboxylic acids is 1. The summed E-state index contributed by atoms with van der Waals surface area (Å²) in [6.45, 7) is 5.52. The number of aryl methyl sites for hydroxylation is 2. The van der Waals surface area contributed by atoms with Gasteiger partial charge in [0.15, 0.2) is 0 Å². The minimum Gasteiger partial charge on any atom is -0.348 e. The minimum atomic E-state index is -0.405. The molecule has 3 nitrogen and oxygen atoms in total. The summed E-state index contributed by atoms with van der Waals surface area (Å²) in [5, 5.41) is 3.53. The average Bonchev–Trinajstić information content (AvgIpc) is 2.56. The SMILES string of the molecule is Cc1cc2cc(NC(=O)C(C)C)c(F)cc2n1C. The second kappa shape index (κ2) is 4.44. The van der Waals surface area contributed by atoms with Crippen molar-refractivity contribution in [2.24, 2.45) is 13.0 Å². The Hall–Kier alpha value is -1.84. The van der Waals surface area contributed by atoms with Gasteiger partial charge in [-0.1, -0.05) is 13.8 Å². The highest BCUT2D eigenvalue weighted by atomic mass is 19.1. The molecule has 0 bridgehead atoms. The summed E-state index contributed by atoms with van der Waals surface area (Å²) in [5.41, 5.74) is 2.12. The highest BCUT2D eigenvalue weighted by Crippen LogP contribution is 2.25. The van der Waals surface area contributed by atoms with E-state index in [4.69, 9.17) is 0 Å². The van der Waals surface area contributed by atoms with Gasteiger partial charge in [0.1, 0.15) is 5.82 Å². The van der Waals surface area contributed by atoms with Crippen molar-refractivity contribution in [3.8, 4) is 0 Å². The molecule has 0 aliphatic carbocycles. The molecule has 0 radical (unpaired) electrons. The number of hydrogen-bond acceptors (Lipinski definition) is 1. The Morgan fingerprint density at radius 1 is 1.33 bits per heavy atom. The first-order valence-corrected chi connectivity index (χ1v) is 5.96. The van der Waals surface area contributed by atoms with Crippen molar-refractivity contribution in [2.75, 3.05) is 5.32 Å². The van der Waals surface area contributed by atoms with E-state index >= 15 is 0 Å². The molecule has 4 heteroatoms. The Labute approximate surface area is 106 Å². The van der Waals surface area contributed by atoms with Crippen LogP contribution in [0.1, 0.15) is 19.5 Å². The molecule has 0 saturated carbocycles. The first kappa shape index (κ1) is 12.6. The number of fused-ring (bicyclic) bond motifs is 1. The Morgan fingerprint density at radius 3 is 2.61 bits per heavy atom. The number of nitrogens with zero attached hydrogens (tertiary/aromatic N) is 1. The first-order chi connectivity index (χ1) is 8.40. The van der Waals surface area contributed by atoms with E-state index in [0.717, 1.165) is 16.6 Å². The summed E-state index contributed by atoms with van der Waals surface area (Å²) in [5.74, 6) is -0.754. The molecule has 0 atom stereocenters. The molecule has 96 valence electrons. The van der Waals surface area contributed by atoms with Crippen molar-refractivity contribution in [3.63, 3.8) is 0 Å². The van der Waals surface area contributed by atoms with E-state index in [-0.39, 0.29) is 17.5 Å². The number of hydrogen-bond donors (Lipinski definition) is 1. The van der Waals surface area contributed by atoms with Crippen LogP contribution in [0, 0.1) is 18.7 Å². The topological polar surface area (TPSA) is 34.0 Å². The Morgan fingerprint density at radius 2 is 2.00 bits per heavy atom. The quantitative estimate of drug-likeness (QED) is 0.870. The molecule has 0 unspecified atom stereocenters. The van der Waals surface area contributed by atoms with Crippen LogP contribution in [0.15, 0.2) is 18.2 Å². The third-order valence-corrected chi connectivity index (χ3v) is 3.15. The van der Waals surface area contributed by atoms with E-state index in [1.807, 2.05) is 24.6 Å². The normalized spacial score (nSPS) is 11.2. The molecular weight excluding hydrogens is 231 g/mol. The number of benzene rings is 1. The van der Waals surface area contributed by atoms with Crippen LogP contribution in [0.4, 0.5) is 10.1 Å². The summed E-state index contributed by atoms with van der Waals surface area (Å²) in [4.78, 5) is 11.6. The van der Waals surface area contributed by atoms with Gasteiger partial charge in [-0.05, 0) is 19.1 Å². The lowest BCUT2D eigenvalue weighted by atomic mass is 10.2. The van der Waals surface area contributed by atoms with E-state index in [1.165, 1.54) is 6.07 Å². The van der Waals surface area contributed by atoms with Gasteiger partial charge in [0.05, 0.1) is 11.2 Å². The summed E-state index contributed by atoms with van der Waals surface area (Å²) in [6.07, 6.45) is 0. The minimum absolute atomic E-state index is 0.169. The second-order valence-electron chi connectivity index (χ2n) is 4.88. The lowest BCUT2D eigenvalue weighted by Gasteiger charge is -2.09. The van der Waals surface area contributed by atoms with Crippen LogP contribution in [-0.4, -0.2) is 10.5 Å². The third kappa shape index (κ3) is 2.10. The third-order valence-electron chi connectivity index (χ3n) is 3.15. The maximum absolute atomic E-state index is 13.9. The van der Waals surface area contributed by atoms with Gasteiger partial charge >= 0.3 is 0 Å². The van der Waals surface area contributed by atoms with Gasteiger partial charge in [-0.3, -0.25) is 4.79 Å². The largest absolute Gasteiger partial charge is 0.348 e.